The molecule has 1 saturated heterocycles. The maximum Gasteiger partial charge on any atom is 0.220 e. The van der Waals surface area contributed by atoms with E-state index in [1.807, 2.05) is 0 Å². The monoisotopic (exact) mass is 374 g/mol. The van der Waals surface area contributed by atoms with Gasteiger partial charge in [-0.25, -0.2) is 8.42 Å². The first-order chi connectivity index (χ1) is 9.88. The fourth-order valence-corrected chi connectivity index (χ4v) is 4.00. The van der Waals surface area contributed by atoms with Crippen LogP contribution in [0.3, 0.4) is 0 Å². The Morgan fingerprint density at radius 2 is 1.81 bits per heavy atom. The fourth-order valence-electron chi connectivity index (χ4n) is 2.45. The molecule has 1 amide bonds. The van der Waals surface area contributed by atoms with Gasteiger partial charge in [-0.2, -0.15) is 0 Å². The van der Waals surface area contributed by atoms with Gasteiger partial charge in [-0.3, -0.25) is 4.79 Å². The molecule has 0 aromatic heterocycles. The minimum absolute atomic E-state index is 0.0654. The average molecular weight is 375 g/mol. The molecule has 116 valence electrons. The third-order valence-corrected chi connectivity index (χ3v) is 6.08. The van der Waals surface area contributed by atoms with E-state index < -0.39 is 9.84 Å². The summed E-state index contributed by atoms with van der Waals surface area (Å²) in [5, 5.41) is 0. The lowest BCUT2D eigenvalue weighted by atomic mass is 9.96. The minimum atomic E-state index is -3.26. The molecular weight excluding hydrogens is 356 g/mol. The number of amides is 1. The van der Waals surface area contributed by atoms with E-state index in [-0.39, 0.29) is 17.6 Å². The van der Waals surface area contributed by atoms with Gasteiger partial charge >= 0.3 is 0 Å². The van der Waals surface area contributed by atoms with E-state index in [0.29, 0.717) is 24.3 Å². The molecule has 0 unspecified atom stereocenters. The molecular formula is C14H19BrN2O3S. The van der Waals surface area contributed by atoms with Crippen molar-refractivity contribution in [3.05, 3.63) is 28.7 Å². The number of piperidine rings is 1. The Morgan fingerprint density at radius 3 is 2.33 bits per heavy atom. The van der Waals surface area contributed by atoms with E-state index in [0.717, 1.165) is 17.6 Å². The van der Waals surface area contributed by atoms with Gasteiger partial charge in [-0.05, 0) is 50.2 Å². The number of hydrogen-bond acceptors (Lipinski definition) is 4. The van der Waals surface area contributed by atoms with Crippen molar-refractivity contribution in [3.63, 3.8) is 0 Å². The Morgan fingerprint density at radius 1 is 1.24 bits per heavy atom. The van der Waals surface area contributed by atoms with Gasteiger partial charge in [-0.15, -0.1) is 0 Å². The van der Waals surface area contributed by atoms with Crippen molar-refractivity contribution >= 4 is 31.7 Å². The Labute approximate surface area is 133 Å². The molecule has 5 nitrogen and oxygen atoms in total. The minimum Gasteiger partial charge on any atom is -0.369 e. The second-order valence-corrected chi connectivity index (χ2v) is 8.32. The first kappa shape index (κ1) is 16.5. The van der Waals surface area contributed by atoms with Gasteiger partial charge in [0.25, 0.3) is 0 Å². The molecule has 0 radical (unpaired) electrons. The predicted molar refractivity (Wildman–Crippen MR) is 84.6 cm³/mol. The van der Waals surface area contributed by atoms with Crippen LogP contribution in [0.25, 0.3) is 0 Å². The molecule has 0 atom stereocenters. The van der Waals surface area contributed by atoms with Crippen molar-refractivity contribution in [2.24, 2.45) is 11.7 Å². The summed E-state index contributed by atoms with van der Waals surface area (Å²) in [4.78, 5) is 13.5. The van der Waals surface area contributed by atoms with E-state index >= 15 is 0 Å². The van der Waals surface area contributed by atoms with Gasteiger partial charge in [-0.1, -0.05) is 15.9 Å². The topological polar surface area (TPSA) is 80.5 Å². The average Bonchev–Trinajstić information content (AvgIpc) is 2.46. The van der Waals surface area contributed by atoms with Gasteiger partial charge in [0.1, 0.15) is 0 Å². The summed E-state index contributed by atoms with van der Waals surface area (Å²) in [5.41, 5.74) is 5.29. The van der Waals surface area contributed by atoms with Crippen LogP contribution in [0.5, 0.6) is 0 Å². The predicted octanol–water partition coefficient (Wildman–Crippen LogP) is 1.42. The van der Waals surface area contributed by atoms with Gasteiger partial charge in [0.05, 0.1) is 10.6 Å². The number of hydrogen-bond donors (Lipinski definition) is 1. The van der Waals surface area contributed by atoms with Gasteiger partial charge in [0.2, 0.25) is 5.91 Å². The smallest absolute Gasteiger partial charge is 0.220 e. The third kappa shape index (κ3) is 4.52. The first-order valence-corrected chi connectivity index (χ1v) is 9.33. The zero-order valence-corrected chi connectivity index (χ0v) is 14.1. The Kier molecular flexibility index (Phi) is 5.40. The van der Waals surface area contributed by atoms with Crippen LogP contribution in [0.2, 0.25) is 0 Å². The second-order valence-electron chi connectivity index (χ2n) is 5.29. The molecule has 21 heavy (non-hydrogen) atoms. The molecule has 1 heterocycles. The number of carbonyl (C=O) groups is 1. The number of sulfone groups is 1. The maximum absolute atomic E-state index is 12.2. The molecule has 1 aliphatic rings. The number of nitrogens with two attached hydrogens (primary N) is 1. The molecule has 0 saturated carbocycles. The molecule has 0 bridgehead atoms. The van der Waals surface area contributed by atoms with Crippen LogP contribution >= 0.6 is 15.9 Å². The molecule has 0 spiro atoms. The summed E-state index contributed by atoms with van der Waals surface area (Å²) in [5.74, 6) is -0.225. The van der Waals surface area contributed by atoms with E-state index in [1.165, 1.54) is 0 Å². The molecule has 1 fully saturated rings. The van der Waals surface area contributed by atoms with Crippen LogP contribution in [-0.2, 0) is 14.6 Å². The van der Waals surface area contributed by atoms with Crippen molar-refractivity contribution in [1.29, 1.82) is 0 Å². The first-order valence-electron chi connectivity index (χ1n) is 6.88. The normalized spacial score (nSPS) is 17.8. The Bertz CT molecular complexity index is 593. The van der Waals surface area contributed by atoms with Crippen molar-refractivity contribution < 1.29 is 13.2 Å². The highest BCUT2D eigenvalue weighted by atomic mass is 79.9. The van der Waals surface area contributed by atoms with E-state index in [4.69, 9.17) is 5.73 Å². The van der Waals surface area contributed by atoms with Crippen LogP contribution in [0.15, 0.2) is 33.6 Å². The van der Waals surface area contributed by atoms with Crippen LogP contribution in [0.1, 0.15) is 12.8 Å². The molecule has 1 aliphatic heterocycles. The molecule has 2 N–H and O–H groups in total. The van der Waals surface area contributed by atoms with E-state index in [9.17, 15) is 13.2 Å². The lowest BCUT2D eigenvalue weighted by Crippen LogP contribution is -2.40. The standard InChI is InChI=1S/C14H19BrN2O3S/c15-12-1-3-13(4-2-12)21(19,20)10-9-17-7-5-11(6-8-17)14(16)18/h1-4,11H,5-10H2,(H2,16,18). The lowest BCUT2D eigenvalue weighted by molar-refractivity contribution is -0.123. The van der Waals surface area contributed by atoms with Crippen molar-refractivity contribution in [1.82, 2.24) is 4.90 Å². The lowest BCUT2D eigenvalue weighted by Gasteiger charge is -2.30. The quantitative estimate of drug-likeness (QED) is 0.844. The zero-order chi connectivity index (χ0) is 15.5. The summed E-state index contributed by atoms with van der Waals surface area (Å²) in [6.45, 7) is 1.94. The number of likely N-dealkylation sites (tertiary alicyclic amines) is 1. The highest BCUT2D eigenvalue weighted by molar-refractivity contribution is 9.10. The number of halogens is 1. The SMILES string of the molecule is NC(=O)C1CCN(CCS(=O)(=O)c2ccc(Br)cc2)CC1. The molecule has 2 rings (SSSR count). The Hall–Kier alpha value is -0.920. The van der Waals surface area contributed by atoms with Crippen LogP contribution < -0.4 is 5.73 Å². The number of benzene rings is 1. The van der Waals surface area contributed by atoms with E-state index in [1.54, 1.807) is 24.3 Å². The highest BCUT2D eigenvalue weighted by Crippen LogP contribution is 2.19. The highest BCUT2D eigenvalue weighted by Gasteiger charge is 2.24. The molecule has 1 aromatic carbocycles. The van der Waals surface area contributed by atoms with Crippen molar-refractivity contribution in [3.8, 4) is 0 Å². The molecule has 0 aliphatic carbocycles. The largest absolute Gasteiger partial charge is 0.369 e. The van der Waals surface area contributed by atoms with Gasteiger partial charge in [0.15, 0.2) is 9.84 Å². The van der Waals surface area contributed by atoms with Crippen LogP contribution in [0, 0.1) is 5.92 Å². The number of primary amides is 1. The number of nitrogens with zero attached hydrogens (tertiary/aromatic N) is 1. The summed E-state index contributed by atoms with van der Waals surface area (Å²) in [6, 6.07) is 6.67. The van der Waals surface area contributed by atoms with Crippen LogP contribution in [-0.4, -0.2) is 44.6 Å². The van der Waals surface area contributed by atoms with Gasteiger partial charge < -0.3 is 10.6 Å². The Balaban J connectivity index is 1.88. The van der Waals surface area contributed by atoms with Crippen molar-refractivity contribution in [2.45, 2.75) is 17.7 Å². The summed E-state index contributed by atoms with van der Waals surface area (Å²) in [6.07, 6.45) is 1.43. The van der Waals surface area contributed by atoms with Crippen LogP contribution in [0.4, 0.5) is 0 Å². The second kappa shape index (κ2) is 6.89. The molecule has 7 heteroatoms. The summed E-state index contributed by atoms with van der Waals surface area (Å²) < 4.78 is 25.3. The fraction of sp³-hybridized carbons (Fsp3) is 0.500. The van der Waals surface area contributed by atoms with Gasteiger partial charge in [0, 0.05) is 16.9 Å². The van der Waals surface area contributed by atoms with Crippen molar-refractivity contribution in [2.75, 3.05) is 25.4 Å². The third-order valence-electron chi connectivity index (χ3n) is 3.84. The number of carbonyl (C=O) groups excluding carboxylic acids is 1. The van der Waals surface area contributed by atoms with E-state index in [2.05, 4.69) is 20.8 Å². The maximum atomic E-state index is 12.2. The zero-order valence-electron chi connectivity index (χ0n) is 11.7. The summed E-state index contributed by atoms with van der Waals surface area (Å²) in [7, 11) is -3.26. The molecule has 1 aromatic rings. The summed E-state index contributed by atoms with van der Waals surface area (Å²) >= 11 is 3.29. The number of rotatable bonds is 5.